The van der Waals surface area contributed by atoms with Gasteiger partial charge < -0.3 is 14.4 Å². The van der Waals surface area contributed by atoms with Gasteiger partial charge in [-0.1, -0.05) is 0 Å². The summed E-state index contributed by atoms with van der Waals surface area (Å²) >= 11 is 0. The fraction of sp³-hybridized carbons (Fsp3) is 1.00. The number of hydrogen-bond acceptors (Lipinski definition) is 3. The molecule has 78 valence electrons. The number of methoxy groups -OCH3 is 1. The summed E-state index contributed by atoms with van der Waals surface area (Å²) in [5, 5.41) is 0. The first-order chi connectivity index (χ1) is 6.24. The van der Waals surface area contributed by atoms with Crippen molar-refractivity contribution in [3.63, 3.8) is 0 Å². The first kappa shape index (κ1) is 11.0. The summed E-state index contributed by atoms with van der Waals surface area (Å²) < 4.78 is 10.6. The van der Waals surface area contributed by atoms with Gasteiger partial charge in [-0.15, -0.1) is 0 Å². The number of piperidine rings is 1. The predicted octanol–water partition coefficient (Wildman–Crippen LogP) is 1.13. The van der Waals surface area contributed by atoms with Gasteiger partial charge in [0, 0.05) is 19.7 Å². The molecule has 3 heteroatoms. The quantitative estimate of drug-likeness (QED) is 0.616. The van der Waals surface area contributed by atoms with E-state index < -0.39 is 0 Å². The van der Waals surface area contributed by atoms with Crippen molar-refractivity contribution in [3.8, 4) is 0 Å². The molecule has 0 aromatic rings. The lowest BCUT2D eigenvalue weighted by molar-refractivity contribution is -0.0241. The number of nitrogens with zero attached hydrogens (tertiary/aromatic N) is 1. The predicted molar refractivity (Wildman–Crippen MR) is 52.9 cm³/mol. The highest BCUT2D eigenvalue weighted by Gasteiger charge is 2.22. The zero-order valence-electron chi connectivity index (χ0n) is 8.95. The fourth-order valence-electron chi connectivity index (χ4n) is 1.70. The van der Waals surface area contributed by atoms with Crippen LogP contribution in [0.25, 0.3) is 0 Å². The molecule has 0 aromatic carbocycles. The van der Waals surface area contributed by atoms with Crippen molar-refractivity contribution in [1.29, 1.82) is 0 Å². The van der Waals surface area contributed by atoms with Crippen LogP contribution in [0.3, 0.4) is 0 Å². The minimum Gasteiger partial charge on any atom is -0.382 e. The SMILES string of the molecule is COCCOC1CCN(C)[C@H](C)C1. The molecule has 2 atom stereocenters. The second kappa shape index (κ2) is 5.58. The molecule has 0 N–H and O–H groups in total. The van der Waals surface area contributed by atoms with Crippen molar-refractivity contribution >= 4 is 0 Å². The van der Waals surface area contributed by atoms with Crippen LogP contribution in [0.1, 0.15) is 19.8 Å². The average molecular weight is 187 g/mol. The molecule has 1 aliphatic rings. The van der Waals surface area contributed by atoms with E-state index in [1.54, 1.807) is 7.11 Å². The zero-order chi connectivity index (χ0) is 9.68. The third-order valence-corrected chi connectivity index (χ3v) is 2.80. The number of rotatable bonds is 4. The number of ether oxygens (including phenoxy) is 2. The second-order valence-corrected chi connectivity index (χ2v) is 3.84. The van der Waals surface area contributed by atoms with Gasteiger partial charge in [0.2, 0.25) is 0 Å². The van der Waals surface area contributed by atoms with Gasteiger partial charge in [-0.05, 0) is 26.8 Å². The summed E-state index contributed by atoms with van der Waals surface area (Å²) in [6.07, 6.45) is 2.76. The van der Waals surface area contributed by atoms with Crippen LogP contribution in [0, 0.1) is 0 Å². The molecule has 1 fully saturated rings. The third-order valence-electron chi connectivity index (χ3n) is 2.80. The lowest BCUT2D eigenvalue weighted by Gasteiger charge is -2.34. The van der Waals surface area contributed by atoms with Crippen molar-refractivity contribution in [2.24, 2.45) is 0 Å². The molecule has 0 spiro atoms. The van der Waals surface area contributed by atoms with E-state index in [2.05, 4.69) is 18.9 Å². The molecule has 0 radical (unpaired) electrons. The highest BCUT2D eigenvalue weighted by molar-refractivity contribution is 4.76. The van der Waals surface area contributed by atoms with Crippen molar-refractivity contribution in [3.05, 3.63) is 0 Å². The Labute approximate surface area is 81.0 Å². The van der Waals surface area contributed by atoms with E-state index in [1.807, 2.05) is 0 Å². The van der Waals surface area contributed by atoms with Crippen molar-refractivity contribution in [2.45, 2.75) is 31.9 Å². The van der Waals surface area contributed by atoms with Crippen LogP contribution in [-0.2, 0) is 9.47 Å². The van der Waals surface area contributed by atoms with E-state index >= 15 is 0 Å². The molecule has 0 aromatic heterocycles. The van der Waals surface area contributed by atoms with E-state index in [9.17, 15) is 0 Å². The van der Waals surface area contributed by atoms with Gasteiger partial charge in [0.05, 0.1) is 19.3 Å². The summed E-state index contributed by atoms with van der Waals surface area (Å²) in [6.45, 7) is 4.85. The van der Waals surface area contributed by atoms with Gasteiger partial charge in [0.1, 0.15) is 0 Å². The minimum absolute atomic E-state index is 0.446. The average Bonchev–Trinajstić information content (AvgIpc) is 2.12. The molecule has 0 bridgehead atoms. The molecule has 3 nitrogen and oxygen atoms in total. The molecular weight excluding hydrogens is 166 g/mol. The van der Waals surface area contributed by atoms with E-state index in [0.29, 0.717) is 18.8 Å². The summed E-state index contributed by atoms with van der Waals surface area (Å²) in [6, 6.07) is 0.654. The molecule has 13 heavy (non-hydrogen) atoms. The van der Waals surface area contributed by atoms with Crippen LogP contribution in [0.15, 0.2) is 0 Å². The minimum atomic E-state index is 0.446. The maximum Gasteiger partial charge on any atom is 0.0704 e. The van der Waals surface area contributed by atoms with Crippen molar-refractivity contribution in [1.82, 2.24) is 4.90 Å². The molecule has 0 aliphatic carbocycles. The lowest BCUT2D eigenvalue weighted by atomic mass is 10.0. The third kappa shape index (κ3) is 3.63. The highest BCUT2D eigenvalue weighted by atomic mass is 16.5. The maximum atomic E-state index is 5.69. The van der Waals surface area contributed by atoms with Crippen LogP contribution in [0.5, 0.6) is 0 Å². The molecule has 0 amide bonds. The smallest absolute Gasteiger partial charge is 0.0704 e. The van der Waals surface area contributed by atoms with Crippen LogP contribution in [-0.4, -0.2) is 51.0 Å². The maximum absolute atomic E-state index is 5.69. The molecule has 1 aliphatic heterocycles. The van der Waals surface area contributed by atoms with Gasteiger partial charge in [0.25, 0.3) is 0 Å². The number of hydrogen-bond donors (Lipinski definition) is 0. The molecule has 1 heterocycles. The Bertz CT molecular complexity index is 141. The van der Waals surface area contributed by atoms with E-state index in [0.717, 1.165) is 26.0 Å². The molecule has 1 unspecified atom stereocenters. The van der Waals surface area contributed by atoms with Crippen LogP contribution >= 0.6 is 0 Å². The van der Waals surface area contributed by atoms with Gasteiger partial charge in [-0.3, -0.25) is 0 Å². The highest BCUT2D eigenvalue weighted by Crippen LogP contribution is 2.17. The lowest BCUT2D eigenvalue weighted by Crippen LogP contribution is -2.41. The first-order valence-electron chi connectivity index (χ1n) is 5.05. The topological polar surface area (TPSA) is 21.7 Å². The summed E-state index contributed by atoms with van der Waals surface area (Å²) in [7, 11) is 3.89. The van der Waals surface area contributed by atoms with Crippen molar-refractivity contribution < 1.29 is 9.47 Å². The van der Waals surface area contributed by atoms with Crippen molar-refractivity contribution in [2.75, 3.05) is 33.9 Å². The van der Waals surface area contributed by atoms with Gasteiger partial charge >= 0.3 is 0 Å². The molecule has 1 rings (SSSR count). The summed E-state index contributed by atoms with van der Waals surface area (Å²) in [5.41, 5.74) is 0. The molecule has 0 saturated carbocycles. The normalized spacial score (nSPS) is 30.7. The van der Waals surface area contributed by atoms with Gasteiger partial charge in [-0.2, -0.15) is 0 Å². The Morgan fingerprint density at radius 3 is 2.77 bits per heavy atom. The fourth-order valence-corrected chi connectivity index (χ4v) is 1.70. The van der Waals surface area contributed by atoms with Gasteiger partial charge in [-0.25, -0.2) is 0 Å². The standard InChI is InChI=1S/C10H21NO2/c1-9-8-10(4-5-11(9)2)13-7-6-12-3/h9-10H,4-8H2,1-3H3/t9-,10?/m1/s1. The Hall–Kier alpha value is -0.120. The first-order valence-corrected chi connectivity index (χ1v) is 5.05. The second-order valence-electron chi connectivity index (χ2n) is 3.84. The van der Waals surface area contributed by atoms with E-state index in [4.69, 9.17) is 9.47 Å². The van der Waals surface area contributed by atoms with E-state index in [-0.39, 0.29) is 0 Å². The van der Waals surface area contributed by atoms with Crippen LogP contribution < -0.4 is 0 Å². The van der Waals surface area contributed by atoms with Crippen LogP contribution in [0.4, 0.5) is 0 Å². The summed E-state index contributed by atoms with van der Waals surface area (Å²) in [5.74, 6) is 0. The monoisotopic (exact) mass is 187 g/mol. The molecular formula is C10H21NO2. The Kier molecular flexibility index (Phi) is 4.70. The Morgan fingerprint density at radius 1 is 1.38 bits per heavy atom. The van der Waals surface area contributed by atoms with E-state index in [1.165, 1.54) is 0 Å². The Balaban J connectivity index is 2.14. The van der Waals surface area contributed by atoms with Crippen LogP contribution in [0.2, 0.25) is 0 Å². The Morgan fingerprint density at radius 2 is 2.15 bits per heavy atom. The zero-order valence-corrected chi connectivity index (χ0v) is 8.95. The largest absolute Gasteiger partial charge is 0.382 e. The molecule has 1 saturated heterocycles. The summed E-state index contributed by atoms with van der Waals surface area (Å²) in [4.78, 5) is 2.39. The van der Waals surface area contributed by atoms with Gasteiger partial charge in [0.15, 0.2) is 0 Å². The number of likely N-dealkylation sites (tertiary alicyclic amines) is 1.